The number of nitrogens with two attached hydrogens (primary N) is 1. The Morgan fingerprint density at radius 3 is 2.43 bits per heavy atom. The van der Waals surface area contributed by atoms with E-state index in [2.05, 4.69) is 40.9 Å². The van der Waals surface area contributed by atoms with Gasteiger partial charge in [-0.15, -0.1) is 13.2 Å². The summed E-state index contributed by atoms with van der Waals surface area (Å²) in [5, 5.41) is 3.01. The Morgan fingerprint density at radius 2 is 1.70 bits per heavy atom. The number of fused-ring (bicyclic) bond motifs is 2. The van der Waals surface area contributed by atoms with Crippen molar-refractivity contribution >= 4 is 21.7 Å². The average molecular weight is 412 g/mol. The molecule has 156 valence electrons. The average Bonchev–Trinajstić information content (AvgIpc) is 3.05. The summed E-state index contributed by atoms with van der Waals surface area (Å²) in [7, 11) is 0. The van der Waals surface area contributed by atoms with Gasteiger partial charge in [-0.05, 0) is 72.8 Å². The van der Waals surface area contributed by atoms with Gasteiger partial charge in [0.1, 0.15) is 5.75 Å². The Balaban J connectivity index is 1.91. The number of ether oxygens (including phenoxy) is 1. The van der Waals surface area contributed by atoms with Crippen LogP contribution in [0.15, 0.2) is 54.6 Å². The molecule has 0 bridgehead atoms. The SMILES string of the molecule is Cc1ccc(-c2[nH]c3ccc(OC(F)(F)F)cc3c2CCCCN)c2ccccc12. The molecule has 0 spiro atoms. The first-order chi connectivity index (χ1) is 14.4. The van der Waals surface area contributed by atoms with Crippen molar-refractivity contribution in [1.82, 2.24) is 4.98 Å². The molecule has 3 N–H and O–H groups in total. The van der Waals surface area contributed by atoms with Crippen molar-refractivity contribution in [3.05, 3.63) is 65.7 Å². The van der Waals surface area contributed by atoms with Crippen molar-refractivity contribution in [3.8, 4) is 17.0 Å². The van der Waals surface area contributed by atoms with E-state index >= 15 is 0 Å². The van der Waals surface area contributed by atoms with Crippen LogP contribution in [-0.2, 0) is 6.42 Å². The minimum absolute atomic E-state index is 0.214. The predicted molar refractivity (Wildman–Crippen MR) is 115 cm³/mol. The van der Waals surface area contributed by atoms with E-state index in [0.29, 0.717) is 13.0 Å². The molecule has 0 aliphatic rings. The summed E-state index contributed by atoms with van der Waals surface area (Å²) in [5.41, 5.74) is 10.6. The lowest BCUT2D eigenvalue weighted by Crippen LogP contribution is -2.16. The van der Waals surface area contributed by atoms with Crippen molar-refractivity contribution in [1.29, 1.82) is 0 Å². The summed E-state index contributed by atoms with van der Waals surface area (Å²) < 4.78 is 42.3. The third-order valence-corrected chi connectivity index (χ3v) is 5.40. The van der Waals surface area contributed by atoms with Crippen LogP contribution in [0, 0.1) is 6.92 Å². The number of rotatable bonds is 6. The molecule has 6 heteroatoms. The Morgan fingerprint density at radius 1 is 0.933 bits per heavy atom. The lowest BCUT2D eigenvalue weighted by atomic mass is 9.94. The summed E-state index contributed by atoms with van der Waals surface area (Å²) in [6.45, 7) is 2.65. The molecule has 0 atom stereocenters. The van der Waals surface area contributed by atoms with Gasteiger partial charge in [-0.25, -0.2) is 0 Å². The summed E-state index contributed by atoms with van der Waals surface area (Å²) in [4.78, 5) is 3.44. The zero-order valence-electron chi connectivity index (χ0n) is 16.6. The Bertz CT molecular complexity index is 1190. The predicted octanol–water partition coefficient (Wildman–Crippen LogP) is 6.48. The molecular weight excluding hydrogens is 389 g/mol. The van der Waals surface area contributed by atoms with Crippen LogP contribution >= 0.6 is 0 Å². The molecule has 1 aromatic heterocycles. The van der Waals surface area contributed by atoms with Gasteiger partial charge in [0.25, 0.3) is 0 Å². The second-order valence-electron chi connectivity index (χ2n) is 7.46. The molecule has 0 unspecified atom stereocenters. The van der Waals surface area contributed by atoms with Gasteiger partial charge in [0.2, 0.25) is 0 Å². The summed E-state index contributed by atoms with van der Waals surface area (Å²) >= 11 is 0. The van der Waals surface area contributed by atoms with E-state index in [1.54, 1.807) is 6.07 Å². The highest BCUT2D eigenvalue weighted by atomic mass is 19.4. The smallest absolute Gasteiger partial charge is 0.406 e. The summed E-state index contributed by atoms with van der Waals surface area (Å²) in [5.74, 6) is -0.214. The van der Waals surface area contributed by atoms with Gasteiger partial charge in [0.05, 0.1) is 5.69 Å². The zero-order valence-corrected chi connectivity index (χ0v) is 16.6. The molecule has 0 aliphatic heterocycles. The van der Waals surface area contributed by atoms with E-state index < -0.39 is 6.36 Å². The van der Waals surface area contributed by atoms with Crippen LogP contribution < -0.4 is 10.5 Å². The normalized spacial score (nSPS) is 12.0. The van der Waals surface area contributed by atoms with Crippen LogP contribution in [0.2, 0.25) is 0 Å². The van der Waals surface area contributed by atoms with E-state index in [9.17, 15) is 13.2 Å². The fourth-order valence-electron chi connectivity index (χ4n) is 4.03. The molecule has 30 heavy (non-hydrogen) atoms. The summed E-state index contributed by atoms with van der Waals surface area (Å²) in [6.07, 6.45) is -2.31. The number of nitrogens with one attached hydrogen (secondary N) is 1. The van der Waals surface area contributed by atoms with E-state index in [-0.39, 0.29) is 5.75 Å². The van der Waals surface area contributed by atoms with Gasteiger partial charge in [-0.3, -0.25) is 0 Å². The van der Waals surface area contributed by atoms with E-state index in [1.807, 2.05) is 12.1 Å². The van der Waals surface area contributed by atoms with Crippen LogP contribution in [0.3, 0.4) is 0 Å². The van der Waals surface area contributed by atoms with Crippen molar-refractivity contribution < 1.29 is 17.9 Å². The monoisotopic (exact) mass is 412 g/mol. The molecular formula is C24H23F3N2O. The molecule has 0 saturated heterocycles. The number of H-pyrrole nitrogens is 1. The van der Waals surface area contributed by atoms with E-state index in [4.69, 9.17) is 5.73 Å². The van der Waals surface area contributed by atoms with Crippen LogP contribution in [-0.4, -0.2) is 17.9 Å². The van der Waals surface area contributed by atoms with Gasteiger partial charge >= 0.3 is 6.36 Å². The first kappa shape index (κ1) is 20.3. The third-order valence-electron chi connectivity index (χ3n) is 5.40. The standard InChI is InChI=1S/C24H23F3N2O/c1-15-9-11-20(18-7-3-2-6-17(15)18)23-19(8-4-5-13-28)21-14-16(30-24(25,26)27)10-12-22(21)29-23/h2-3,6-7,9-12,14,29H,4-5,8,13,28H2,1H3. The van der Waals surface area contributed by atoms with Crippen molar-refractivity contribution in [3.63, 3.8) is 0 Å². The Hall–Kier alpha value is -2.99. The molecule has 4 rings (SSSR count). The third kappa shape index (κ3) is 4.00. The van der Waals surface area contributed by atoms with Gasteiger partial charge in [-0.2, -0.15) is 0 Å². The first-order valence-corrected chi connectivity index (χ1v) is 9.96. The van der Waals surface area contributed by atoms with Gasteiger partial charge in [-0.1, -0.05) is 36.4 Å². The highest BCUT2D eigenvalue weighted by Crippen LogP contribution is 2.38. The van der Waals surface area contributed by atoms with Gasteiger partial charge in [0, 0.05) is 16.5 Å². The Labute approximate surface area is 172 Å². The topological polar surface area (TPSA) is 51.0 Å². The number of hydrogen-bond acceptors (Lipinski definition) is 2. The number of halogens is 3. The highest BCUT2D eigenvalue weighted by Gasteiger charge is 2.31. The molecule has 3 nitrogen and oxygen atoms in total. The minimum Gasteiger partial charge on any atom is -0.406 e. The number of aromatic nitrogens is 1. The molecule has 3 aromatic carbocycles. The van der Waals surface area contributed by atoms with E-state index in [1.165, 1.54) is 17.7 Å². The fraction of sp³-hybridized carbons (Fsp3) is 0.250. The quantitative estimate of drug-likeness (QED) is 0.356. The Kier molecular flexibility index (Phi) is 5.43. The fourth-order valence-corrected chi connectivity index (χ4v) is 4.03. The maximum Gasteiger partial charge on any atom is 0.573 e. The number of alkyl halides is 3. The molecule has 0 radical (unpaired) electrons. The molecule has 0 saturated carbocycles. The summed E-state index contributed by atoms with van der Waals surface area (Å²) in [6, 6.07) is 16.8. The maximum absolute atomic E-state index is 12.7. The molecule has 4 aromatic rings. The maximum atomic E-state index is 12.7. The van der Waals surface area contributed by atoms with Gasteiger partial charge < -0.3 is 15.5 Å². The molecule has 0 aliphatic carbocycles. The number of unbranched alkanes of at least 4 members (excludes halogenated alkanes) is 1. The van der Waals surface area contributed by atoms with Crippen LogP contribution in [0.25, 0.3) is 32.9 Å². The zero-order chi connectivity index (χ0) is 21.3. The number of aryl methyl sites for hydroxylation is 2. The number of benzene rings is 3. The second-order valence-corrected chi connectivity index (χ2v) is 7.46. The molecule has 0 fully saturated rings. The molecule has 0 amide bonds. The van der Waals surface area contributed by atoms with Crippen molar-refractivity contribution in [2.45, 2.75) is 32.5 Å². The first-order valence-electron chi connectivity index (χ1n) is 9.96. The number of aromatic amines is 1. The minimum atomic E-state index is -4.72. The lowest BCUT2D eigenvalue weighted by molar-refractivity contribution is -0.274. The second kappa shape index (κ2) is 8.03. The van der Waals surface area contributed by atoms with E-state index in [0.717, 1.165) is 51.3 Å². The molecule has 1 heterocycles. The largest absolute Gasteiger partial charge is 0.573 e. The van der Waals surface area contributed by atoms with Gasteiger partial charge in [0.15, 0.2) is 0 Å². The van der Waals surface area contributed by atoms with Crippen molar-refractivity contribution in [2.75, 3.05) is 6.54 Å². The lowest BCUT2D eigenvalue weighted by Gasteiger charge is -2.11. The highest BCUT2D eigenvalue weighted by molar-refractivity contribution is 6.02. The number of hydrogen-bond donors (Lipinski definition) is 2. The van der Waals surface area contributed by atoms with Crippen LogP contribution in [0.5, 0.6) is 5.75 Å². The van der Waals surface area contributed by atoms with Crippen LogP contribution in [0.1, 0.15) is 24.0 Å². The van der Waals surface area contributed by atoms with Crippen LogP contribution in [0.4, 0.5) is 13.2 Å². The van der Waals surface area contributed by atoms with Crippen molar-refractivity contribution in [2.24, 2.45) is 5.73 Å².